The maximum absolute atomic E-state index is 5.84. The third kappa shape index (κ3) is 6.42. The summed E-state index contributed by atoms with van der Waals surface area (Å²) in [6.45, 7) is 7.97. The second kappa shape index (κ2) is 8.32. The van der Waals surface area contributed by atoms with Crippen molar-refractivity contribution in [2.45, 2.75) is 26.8 Å². The molecule has 1 heterocycles. The van der Waals surface area contributed by atoms with Crippen LogP contribution in [0, 0.1) is 5.41 Å². The molecule has 2 rings (SSSR count). The van der Waals surface area contributed by atoms with Crippen molar-refractivity contribution in [3.63, 3.8) is 0 Å². The Morgan fingerprint density at radius 2 is 1.90 bits per heavy atom. The number of rotatable bonds is 9. The van der Waals surface area contributed by atoms with Gasteiger partial charge in [0.2, 0.25) is 0 Å². The smallest absolute Gasteiger partial charge is 0.0529 e. The molecule has 0 saturated carbocycles. The fourth-order valence-corrected chi connectivity index (χ4v) is 2.86. The predicted molar refractivity (Wildman–Crippen MR) is 90.8 cm³/mol. The lowest BCUT2D eigenvalue weighted by Crippen LogP contribution is -2.33. The minimum absolute atomic E-state index is 0.157. The lowest BCUT2D eigenvalue weighted by atomic mass is 9.95. The normalized spacial score (nSPS) is 11.7. The Labute approximate surface area is 132 Å². The molecule has 2 nitrogen and oxygen atoms in total. The average Bonchev–Trinajstić information content (AvgIpc) is 2.98. The van der Waals surface area contributed by atoms with Gasteiger partial charge in [-0.15, -0.1) is 11.3 Å². The highest BCUT2D eigenvalue weighted by Gasteiger charge is 2.17. The molecule has 114 valence electrons. The fraction of sp³-hybridized carbons (Fsp3) is 0.444. The van der Waals surface area contributed by atoms with Crippen LogP contribution in [0.5, 0.6) is 0 Å². The number of benzene rings is 1. The molecule has 1 aromatic heterocycles. The molecule has 0 aliphatic heterocycles. The maximum atomic E-state index is 5.84. The van der Waals surface area contributed by atoms with Crippen molar-refractivity contribution in [2.24, 2.45) is 5.41 Å². The predicted octanol–water partition coefficient (Wildman–Crippen LogP) is 4.12. The molecule has 0 unspecified atom stereocenters. The Morgan fingerprint density at radius 3 is 2.62 bits per heavy atom. The van der Waals surface area contributed by atoms with E-state index >= 15 is 0 Å². The van der Waals surface area contributed by atoms with Crippen molar-refractivity contribution in [1.29, 1.82) is 0 Å². The zero-order chi connectivity index (χ0) is 15.0. The summed E-state index contributed by atoms with van der Waals surface area (Å²) in [7, 11) is 0. The molecule has 21 heavy (non-hydrogen) atoms. The highest BCUT2D eigenvalue weighted by molar-refractivity contribution is 7.09. The second-order valence-electron chi connectivity index (χ2n) is 6.14. The zero-order valence-corrected chi connectivity index (χ0v) is 13.8. The molecule has 0 spiro atoms. The van der Waals surface area contributed by atoms with Crippen molar-refractivity contribution in [3.05, 3.63) is 58.3 Å². The molecule has 1 N–H and O–H groups in total. The molecule has 0 aliphatic carbocycles. The Balaban J connectivity index is 1.60. The molecule has 0 amide bonds. The number of thiophene rings is 1. The van der Waals surface area contributed by atoms with Crippen molar-refractivity contribution in [3.8, 4) is 0 Å². The van der Waals surface area contributed by atoms with Gasteiger partial charge >= 0.3 is 0 Å². The number of hydrogen-bond donors (Lipinski definition) is 1. The first-order valence-corrected chi connectivity index (χ1v) is 8.38. The molecular weight excluding hydrogens is 278 g/mol. The van der Waals surface area contributed by atoms with Crippen LogP contribution in [0.2, 0.25) is 0 Å². The molecule has 0 saturated heterocycles. The second-order valence-corrected chi connectivity index (χ2v) is 7.17. The number of nitrogens with one attached hydrogen (secondary N) is 1. The SMILES string of the molecule is CC(C)(CNCc1ccccc1)COCCc1cccs1. The van der Waals surface area contributed by atoms with Gasteiger partial charge in [-0.05, 0) is 17.0 Å². The third-order valence-electron chi connectivity index (χ3n) is 3.34. The summed E-state index contributed by atoms with van der Waals surface area (Å²) in [6, 6.07) is 14.8. The third-order valence-corrected chi connectivity index (χ3v) is 4.28. The first kappa shape index (κ1) is 16.2. The van der Waals surface area contributed by atoms with E-state index in [9.17, 15) is 0 Å². The van der Waals surface area contributed by atoms with Crippen LogP contribution in [-0.4, -0.2) is 19.8 Å². The van der Waals surface area contributed by atoms with E-state index in [1.165, 1.54) is 10.4 Å². The van der Waals surface area contributed by atoms with Crippen molar-refractivity contribution >= 4 is 11.3 Å². The Kier molecular flexibility index (Phi) is 6.43. The highest BCUT2D eigenvalue weighted by Crippen LogP contribution is 2.15. The summed E-state index contributed by atoms with van der Waals surface area (Å²) in [6.07, 6.45) is 1.02. The summed E-state index contributed by atoms with van der Waals surface area (Å²) >= 11 is 1.80. The maximum Gasteiger partial charge on any atom is 0.0529 e. The van der Waals surface area contributed by atoms with E-state index < -0.39 is 0 Å². The molecular formula is C18H25NOS. The van der Waals surface area contributed by atoms with Gasteiger partial charge in [0, 0.05) is 29.8 Å². The van der Waals surface area contributed by atoms with Gasteiger partial charge < -0.3 is 10.1 Å². The highest BCUT2D eigenvalue weighted by atomic mass is 32.1. The lowest BCUT2D eigenvalue weighted by molar-refractivity contribution is 0.0641. The van der Waals surface area contributed by atoms with Gasteiger partial charge in [0.15, 0.2) is 0 Å². The van der Waals surface area contributed by atoms with Crippen LogP contribution in [0.1, 0.15) is 24.3 Å². The van der Waals surface area contributed by atoms with Gasteiger partial charge in [-0.1, -0.05) is 50.2 Å². The van der Waals surface area contributed by atoms with Crippen LogP contribution in [0.4, 0.5) is 0 Å². The van der Waals surface area contributed by atoms with E-state index in [0.29, 0.717) is 0 Å². The molecule has 2 aromatic rings. The van der Waals surface area contributed by atoms with E-state index in [2.05, 4.69) is 67.0 Å². The van der Waals surface area contributed by atoms with E-state index in [-0.39, 0.29) is 5.41 Å². The van der Waals surface area contributed by atoms with Crippen LogP contribution < -0.4 is 5.32 Å². The Bertz CT molecular complexity index is 493. The molecule has 1 aromatic carbocycles. The summed E-state index contributed by atoms with van der Waals surface area (Å²) in [5.41, 5.74) is 1.48. The van der Waals surface area contributed by atoms with Gasteiger partial charge in [0.1, 0.15) is 0 Å². The standard InChI is InChI=1S/C18H25NOS/c1-18(2,14-19-13-16-7-4-3-5-8-16)15-20-11-10-17-9-6-12-21-17/h3-9,12,19H,10-11,13-15H2,1-2H3. The Hall–Kier alpha value is -1.16. The summed E-state index contributed by atoms with van der Waals surface area (Å²) in [4.78, 5) is 1.40. The van der Waals surface area contributed by atoms with Gasteiger partial charge in [0.05, 0.1) is 13.2 Å². The number of ether oxygens (including phenoxy) is 1. The largest absolute Gasteiger partial charge is 0.380 e. The van der Waals surface area contributed by atoms with E-state index in [0.717, 1.165) is 32.7 Å². The van der Waals surface area contributed by atoms with Gasteiger partial charge in [0.25, 0.3) is 0 Å². The monoisotopic (exact) mass is 303 g/mol. The van der Waals surface area contributed by atoms with Crippen molar-refractivity contribution < 1.29 is 4.74 Å². The van der Waals surface area contributed by atoms with Gasteiger partial charge in [-0.25, -0.2) is 0 Å². The van der Waals surface area contributed by atoms with E-state index in [1.54, 1.807) is 11.3 Å². The summed E-state index contributed by atoms with van der Waals surface area (Å²) in [5.74, 6) is 0. The molecule has 0 atom stereocenters. The molecule has 0 fully saturated rings. The zero-order valence-electron chi connectivity index (χ0n) is 13.0. The topological polar surface area (TPSA) is 21.3 Å². The molecule has 0 radical (unpaired) electrons. The van der Waals surface area contributed by atoms with Crippen LogP contribution in [-0.2, 0) is 17.7 Å². The lowest BCUT2D eigenvalue weighted by Gasteiger charge is -2.25. The van der Waals surface area contributed by atoms with E-state index in [4.69, 9.17) is 4.74 Å². The first-order chi connectivity index (χ1) is 10.2. The summed E-state index contributed by atoms with van der Waals surface area (Å²) < 4.78 is 5.84. The van der Waals surface area contributed by atoms with E-state index in [1.807, 2.05) is 0 Å². The van der Waals surface area contributed by atoms with Crippen LogP contribution >= 0.6 is 11.3 Å². The summed E-state index contributed by atoms with van der Waals surface area (Å²) in [5, 5.41) is 5.64. The minimum atomic E-state index is 0.157. The first-order valence-electron chi connectivity index (χ1n) is 7.50. The molecule has 0 bridgehead atoms. The van der Waals surface area contributed by atoms with Crippen LogP contribution in [0.3, 0.4) is 0 Å². The van der Waals surface area contributed by atoms with Crippen molar-refractivity contribution in [1.82, 2.24) is 5.32 Å². The average molecular weight is 303 g/mol. The molecule has 0 aliphatic rings. The quantitative estimate of drug-likeness (QED) is 0.704. The molecule has 3 heteroatoms. The van der Waals surface area contributed by atoms with Crippen molar-refractivity contribution in [2.75, 3.05) is 19.8 Å². The number of hydrogen-bond acceptors (Lipinski definition) is 3. The van der Waals surface area contributed by atoms with Gasteiger partial charge in [-0.3, -0.25) is 0 Å². The van der Waals surface area contributed by atoms with Gasteiger partial charge in [-0.2, -0.15) is 0 Å². The fourth-order valence-electron chi connectivity index (χ4n) is 2.17. The Morgan fingerprint density at radius 1 is 1.10 bits per heavy atom. The van der Waals surface area contributed by atoms with Crippen LogP contribution in [0.25, 0.3) is 0 Å². The minimum Gasteiger partial charge on any atom is -0.380 e. The van der Waals surface area contributed by atoms with Crippen LogP contribution in [0.15, 0.2) is 47.8 Å².